The quantitative estimate of drug-likeness (QED) is 0.776. The summed E-state index contributed by atoms with van der Waals surface area (Å²) in [7, 11) is -1.82. The Labute approximate surface area is 128 Å². The molecule has 118 valence electrons. The number of nitrogens with zero attached hydrogens (tertiary/aromatic N) is 1. The average molecular weight is 311 g/mol. The standard InChI is InChI=1S/C16H25NO3S/c1-5-6-9-17(14-7-8-14)21(18,19)16-12(2)10-15(20-4)11-13(16)3/h10-11,14H,5-9H2,1-4H3. The van der Waals surface area contributed by atoms with Crippen LogP contribution < -0.4 is 4.74 Å². The molecule has 0 atom stereocenters. The topological polar surface area (TPSA) is 46.6 Å². The lowest BCUT2D eigenvalue weighted by Gasteiger charge is -2.24. The van der Waals surface area contributed by atoms with Crippen LogP contribution in [0, 0.1) is 13.8 Å². The van der Waals surface area contributed by atoms with E-state index in [-0.39, 0.29) is 6.04 Å². The molecule has 0 aromatic heterocycles. The van der Waals surface area contributed by atoms with Crippen molar-refractivity contribution in [3.63, 3.8) is 0 Å². The molecule has 2 rings (SSSR count). The first-order valence-electron chi connectivity index (χ1n) is 7.59. The second kappa shape index (κ2) is 6.36. The van der Waals surface area contributed by atoms with Crippen LogP contribution >= 0.6 is 0 Å². The normalized spacial score (nSPS) is 15.5. The highest BCUT2D eigenvalue weighted by Crippen LogP contribution is 2.35. The molecule has 4 nitrogen and oxygen atoms in total. The highest BCUT2D eigenvalue weighted by molar-refractivity contribution is 7.89. The van der Waals surface area contributed by atoms with Gasteiger partial charge in [0.15, 0.2) is 0 Å². The van der Waals surface area contributed by atoms with E-state index < -0.39 is 10.0 Å². The van der Waals surface area contributed by atoms with Gasteiger partial charge in [0.2, 0.25) is 10.0 Å². The molecule has 0 aliphatic heterocycles. The fourth-order valence-corrected chi connectivity index (χ4v) is 4.87. The van der Waals surface area contributed by atoms with Gasteiger partial charge in [0.05, 0.1) is 12.0 Å². The molecule has 0 heterocycles. The predicted molar refractivity (Wildman–Crippen MR) is 84.3 cm³/mol. The largest absolute Gasteiger partial charge is 0.497 e. The van der Waals surface area contributed by atoms with E-state index in [4.69, 9.17) is 4.74 Å². The van der Waals surface area contributed by atoms with Crippen LogP contribution in [0.5, 0.6) is 5.75 Å². The van der Waals surface area contributed by atoms with Crippen molar-refractivity contribution in [2.75, 3.05) is 13.7 Å². The van der Waals surface area contributed by atoms with Crippen LogP contribution in [-0.2, 0) is 10.0 Å². The van der Waals surface area contributed by atoms with Crippen LogP contribution in [0.2, 0.25) is 0 Å². The number of ether oxygens (including phenoxy) is 1. The SMILES string of the molecule is CCCCN(C1CC1)S(=O)(=O)c1c(C)cc(OC)cc1C. The molecular formula is C16H25NO3S. The van der Waals surface area contributed by atoms with Crippen LogP contribution in [-0.4, -0.2) is 32.4 Å². The summed E-state index contributed by atoms with van der Waals surface area (Å²) < 4.78 is 33.0. The Balaban J connectivity index is 2.42. The molecule has 1 aliphatic carbocycles. The Morgan fingerprint density at radius 2 is 1.81 bits per heavy atom. The van der Waals surface area contributed by atoms with Gasteiger partial charge in [-0.2, -0.15) is 4.31 Å². The van der Waals surface area contributed by atoms with Crippen LogP contribution in [0.3, 0.4) is 0 Å². The lowest BCUT2D eigenvalue weighted by Crippen LogP contribution is -2.34. The second-order valence-electron chi connectivity index (χ2n) is 5.79. The first-order chi connectivity index (χ1) is 9.91. The van der Waals surface area contributed by atoms with Crippen molar-refractivity contribution >= 4 is 10.0 Å². The van der Waals surface area contributed by atoms with Crippen molar-refractivity contribution in [3.8, 4) is 5.75 Å². The molecule has 21 heavy (non-hydrogen) atoms. The molecule has 1 aliphatic rings. The highest BCUT2D eigenvalue weighted by Gasteiger charge is 2.38. The number of rotatable bonds is 7. The summed E-state index contributed by atoms with van der Waals surface area (Å²) in [6.45, 7) is 6.39. The van der Waals surface area contributed by atoms with E-state index in [1.807, 2.05) is 13.8 Å². The van der Waals surface area contributed by atoms with Crippen molar-refractivity contribution < 1.29 is 13.2 Å². The summed E-state index contributed by atoms with van der Waals surface area (Å²) in [5.74, 6) is 0.704. The smallest absolute Gasteiger partial charge is 0.243 e. The Bertz CT molecular complexity index is 583. The summed E-state index contributed by atoms with van der Waals surface area (Å²) in [6, 6.07) is 3.79. The molecular weight excluding hydrogens is 286 g/mol. The molecule has 0 amide bonds. The maximum atomic E-state index is 13.0. The Kier molecular flexibility index (Phi) is 4.94. The third kappa shape index (κ3) is 3.40. The number of hydrogen-bond acceptors (Lipinski definition) is 3. The number of aryl methyl sites for hydroxylation is 2. The molecule has 1 fully saturated rings. The molecule has 0 unspecified atom stereocenters. The van der Waals surface area contributed by atoms with E-state index >= 15 is 0 Å². The maximum Gasteiger partial charge on any atom is 0.243 e. The van der Waals surface area contributed by atoms with Gasteiger partial charge in [-0.1, -0.05) is 13.3 Å². The molecule has 5 heteroatoms. The predicted octanol–water partition coefficient (Wildman–Crippen LogP) is 3.27. The summed E-state index contributed by atoms with van der Waals surface area (Å²) in [6.07, 6.45) is 3.87. The van der Waals surface area contributed by atoms with Crippen LogP contribution in [0.25, 0.3) is 0 Å². The van der Waals surface area contributed by atoms with Gasteiger partial charge in [0.1, 0.15) is 5.75 Å². The molecule has 0 N–H and O–H groups in total. The lowest BCUT2D eigenvalue weighted by atomic mass is 10.1. The van der Waals surface area contributed by atoms with Crippen molar-refractivity contribution in [1.29, 1.82) is 0 Å². The van der Waals surface area contributed by atoms with Crippen LogP contribution in [0.4, 0.5) is 0 Å². The van der Waals surface area contributed by atoms with Gasteiger partial charge < -0.3 is 4.74 Å². The van der Waals surface area contributed by atoms with Gasteiger partial charge in [0, 0.05) is 12.6 Å². The Hall–Kier alpha value is -1.07. The summed E-state index contributed by atoms with van der Waals surface area (Å²) in [5, 5.41) is 0. The zero-order valence-electron chi connectivity index (χ0n) is 13.3. The molecule has 1 saturated carbocycles. The minimum atomic E-state index is -3.42. The summed E-state index contributed by atoms with van der Waals surface area (Å²) in [4.78, 5) is 0.450. The Morgan fingerprint density at radius 3 is 2.24 bits per heavy atom. The fraction of sp³-hybridized carbons (Fsp3) is 0.625. The van der Waals surface area contributed by atoms with Crippen molar-refractivity contribution in [2.45, 2.75) is 57.4 Å². The van der Waals surface area contributed by atoms with Gasteiger partial charge in [-0.05, 0) is 56.4 Å². The van der Waals surface area contributed by atoms with E-state index in [9.17, 15) is 8.42 Å². The van der Waals surface area contributed by atoms with Gasteiger partial charge in [-0.3, -0.25) is 0 Å². The molecule has 1 aromatic rings. The van der Waals surface area contributed by atoms with Crippen LogP contribution in [0.1, 0.15) is 43.7 Å². The van der Waals surface area contributed by atoms with Crippen molar-refractivity contribution in [2.24, 2.45) is 0 Å². The molecule has 0 spiro atoms. The van der Waals surface area contributed by atoms with Crippen molar-refractivity contribution in [3.05, 3.63) is 23.3 Å². The summed E-state index contributed by atoms with van der Waals surface area (Å²) in [5.41, 5.74) is 1.52. The van der Waals surface area contributed by atoms with Gasteiger partial charge >= 0.3 is 0 Å². The van der Waals surface area contributed by atoms with E-state index in [1.54, 1.807) is 23.5 Å². The maximum absolute atomic E-state index is 13.0. The second-order valence-corrected chi connectivity index (χ2v) is 7.62. The number of hydrogen-bond donors (Lipinski definition) is 0. The van der Waals surface area contributed by atoms with Crippen molar-refractivity contribution in [1.82, 2.24) is 4.31 Å². The molecule has 0 saturated heterocycles. The van der Waals surface area contributed by atoms with Gasteiger partial charge in [-0.15, -0.1) is 0 Å². The van der Waals surface area contributed by atoms with E-state index in [1.165, 1.54) is 0 Å². The number of sulfonamides is 1. The third-order valence-electron chi connectivity index (χ3n) is 3.92. The summed E-state index contributed by atoms with van der Waals surface area (Å²) >= 11 is 0. The first kappa shape index (κ1) is 16.3. The fourth-order valence-electron chi connectivity index (χ4n) is 2.73. The van der Waals surface area contributed by atoms with Gasteiger partial charge in [0.25, 0.3) is 0 Å². The van der Waals surface area contributed by atoms with Gasteiger partial charge in [-0.25, -0.2) is 8.42 Å². The number of unbranched alkanes of at least 4 members (excludes halogenated alkanes) is 1. The molecule has 1 aromatic carbocycles. The number of methoxy groups -OCH3 is 1. The third-order valence-corrected chi connectivity index (χ3v) is 6.18. The highest BCUT2D eigenvalue weighted by atomic mass is 32.2. The van der Waals surface area contributed by atoms with E-state index in [0.717, 1.165) is 36.8 Å². The molecule has 0 radical (unpaired) electrons. The average Bonchev–Trinajstić information content (AvgIpc) is 3.22. The first-order valence-corrected chi connectivity index (χ1v) is 9.03. The minimum absolute atomic E-state index is 0.197. The van der Waals surface area contributed by atoms with Crippen LogP contribution in [0.15, 0.2) is 17.0 Å². The lowest BCUT2D eigenvalue weighted by molar-refractivity contribution is 0.394. The zero-order chi connectivity index (χ0) is 15.6. The minimum Gasteiger partial charge on any atom is -0.497 e. The number of benzene rings is 1. The zero-order valence-corrected chi connectivity index (χ0v) is 14.2. The molecule has 0 bridgehead atoms. The Morgan fingerprint density at radius 1 is 1.24 bits per heavy atom. The monoisotopic (exact) mass is 311 g/mol. The van der Waals surface area contributed by atoms with E-state index in [2.05, 4.69) is 6.92 Å². The van der Waals surface area contributed by atoms with E-state index in [0.29, 0.717) is 17.2 Å².